The van der Waals surface area contributed by atoms with Crippen LogP contribution in [0.15, 0.2) is 12.3 Å². The molecule has 1 fully saturated rings. The van der Waals surface area contributed by atoms with Gasteiger partial charge in [0, 0.05) is 12.7 Å². The molecule has 0 bridgehead atoms. The van der Waals surface area contributed by atoms with Crippen LogP contribution in [0.4, 0.5) is 10.2 Å². The van der Waals surface area contributed by atoms with Gasteiger partial charge >= 0.3 is 0 Å². The van der Waals surface area contributed by atoms with Crippen LogP contribution in [0.5, 0.6) is 0 Å². The Bertz CT molecular complexity index is 446. The van der Waals surface area contributed by atoms with Crippen LogP contribution in [0.3, 0.4) is 0 Å². The number of nitrogens with two attached hydrogens (primary N) is 1. The summed E-state index contributed by atoms with van der Waals surface area (Å²) in [7, 11) is 0. The van der Waals surface area contributed by atoms with Gasteiger partial charge in [-0.05, 0) is 6.07 Å². The molecule has 0 spiro atoms. The van der Waals surface area contributed by atoms with Crippen LogP contribution in [0.25, 0.3) is 0 Å². The molecular weight excluding hydrogens is 265 g/mol. The maximum Gasteiger partial charge on any atom is 0.167 e. The van der Waals surface area contributed by atoms with E-state index in [1.807, 2.05) is 0 Å². The van der Waals surface area contributed by atoms with Gasteiger partial charge in [0.25, 0.3) is 0 Å². The maximum atomic E-state index is 13.7. The lowest BCUT2D eigenvalue weighted by atomic mass is 10.2. The average molecular weight is 276 g/mol. The Morgan fingerprint density at radius 1 is 1.71 bits per heavy atom. The standard InChI is InChI=1S/C10H11ClFN3OS/c11-6-3-7(12)10(14-4-6)15-1-2-16-8(5-15)9(13)17/h3-4,8H,1-2,5H2,(H2,13,17). The summed E-state index contributed by atoms with van der Waals surface area (Å²) in [5.41, 5.74) is 5.51. The number of rotatable bonds is 2. The van der Waals surface area contributed by atoms with Crippen molar-refractivity contribution in [2.24, 2.45) is 5.73 Å². The summed E-state index contributed by atoms with van der Waals surface area (Å²) in [6, 6.07) is 1.23. The Hall–Kier alpha value is -0.980. The molecule has 0 aromatic carbocycles. The molecule has 1 aliphatic rings. The van der Waals surface area contributed by atoms with Crippen molar-refractivity contribution in [1.29, 1.82) is 0 Å². The highest BCUT2D eigenvalue weighted by Gasteiger charge is 2.25. The van der Waals surface area contributed by atoms with Crippen molar-refractivity contribution >= 4 is 34.6 Å². The Morgan fingerprint density at radius 2 is 2.47 bits per heavy atom. The second-order valence-corrected chi connectivity index (χ2v) is 4.57. The lowest BCUT2D eigenvalue weighted by molar-refractivity contribution is 0.0841. The van der Waals surface area contributed by atoms with Crippen molar-refractivity contribution in [3.63, 3.8) is 0 Å². The molecule has 0 amide bonds. The normalized spacial score (nSPS) is 20.4. The van der Waals surface area contributed by atoms with Crippen molar-refractivity contribution in [2.45, 2.75) is 6.10 Å². The van der Waals surface area contributed by atoms with E-state index in [2.05, 4.69) is 4.98 Å². The van der Waals surface area contributed by atoms with E-state index in [0.717, 1.165) is 0 Å². The van der Waals surface area contributed by atoms with Crippen LogP contribution < -0.4 is 10.6 Å². The molecule has 2 heterocycles. The van der Waals surface area contributed by atoms with Crippen LogP contribution in [0, 0.1) is 5.82 Å². The highest BCUT2D eigenvalue weighted by molar-refractivity contribution is 7.80. The molecular formula is C10H11ClFN3OS. The Labute approximate surface area is 109 Å². The number of halogens is 2. The second kappa shape index (κ2) is 5.12. The van der Waals surface area contributed by atoms with Gasteiger partial charge in [0.2, 0.25) is 0 Å². The van der Waals surface area contributed by atoms with Crippen LogP contribution in [-0.2, 0) is 4.74 Å². The predicted octanol–water partition coefficient (Wildman–Crippen LogP) is 1.37. The molecule has 0 aliphatic carbocycles. The van der Waals surface area contributed by atoms with Gasteiger partial charge in [-0.25, -0.2) is 9.37 Å². The van der Waals surface area contributed by atoms with Crippen molar-refractivity contribution < 1.29 is 9.13 Å². The van der Waals surface area contributed by atoms with E-state index in [4.69, 9.17) is 34.3 Å². The van der Waals surface area contributed by atoms with E-state index in [0.29, 0.717) is 19.7 Å². The van der Waals surface area contributed by atoms with Crippen molar-refractivity contribution in [3.05, 3.63) is 23.1 Å². The first kappa shape index (κ1) is 12.5. The van der Waals surface area contributed by atoms with Gasteiger partial charge in [-0.15, -0.1) is 0 Å². The molecule has 1 atom stereocenters. The molecule has 1 aromatic heterocycles. The monoisotopic (exact) mass is 275 g/mol. The molecule has 2 N–H and O–H groups in total. The zero-order valence-electron chi connectivity index (χ0n) is 8.90. The average Bonchev–Trinajstić information content (AvgIpc) is 2.29. The van der Waals surface area contributed by atoms with E-state index in [-0.39, 0.29) is 21.9 Å². The van der Waals surface area contributed by atoms with E-state index in [9.17, 15) is 4.39 Å². The molecule has 0 saturated carbocycles. The number of pyridine rings is 1. The van der Waals surface area contributed by atoms with Crippen molar-refractivity contribution in [1.82, 2.24) is 4.98 Å². The number of thiocarbonyl (C=S) groups is 1. The zero-order chi connectivity index (χ0) is 12.4. The summed E-state index contributed by atoms with van der Waals surface area (Å²) in [5.74, 6) is -0.208. The highest BCUT2D eigenvalue weighted by Crippen LogP contribution is 2.21. The molecule has 7 heteroatoms. The minimum absolute atomic E-state index is 0.249. The number of morpholine rings is 1. The molecule has 1 aliphatic heterocycles. The molecule has 17 heavy (non-hydrogen) atoms. The predicted molar refractivity (Wildman–Crippen MR) is 67.9 cm³/mol. The first-order valence-corrected chi connectivity index (χ1v) is 5.83. The number of aromatic nitrogens is 1. The SMILES string of the molecule is NC(=S)C1CN(c2ncc(Cl)cc2F)CCO1. The Balaban J connectivity index is 2.19. The fourth-order valence-electron chi connectivity index (χ4n) is 1.65. The summed E-state index contributed by atoms with van der Waals surface area (Å²) in [5, 5.41) is 0.269. The highest BCUT2D eigenvalue weighted by atomic mass is 35.5. The molecule has 92 valence electrons. The molecule has 1 saturated heterocycles. The summed E-state index contributed by atoms with van der Waals surface area (Å²) in [6.07, 6.45) is 1.04. The second-order valence-electron chi connectivity index (χ2n) is 3.67. The molecule has 0 radical (unpaired) electrons. The third kappa shape index (κ3) is 2.83. The van der Waals surface area contributed by atoms with Crippen LogP contribution in [0.1, 0.15) is 0 Å². The van der Waals surface area contributed by atoms with Crippen molar-refractivity contribution in [2.75, 3.05) is 24.6 Å². The molecule has 2 rings (SSSR count). The summed E-state index contributed by atoms with van der Waals surface area (Å²) >= 11 is 10.5. The Morgan fingerprint density at radius 3 is 3.12 bits per heavy atom. The number of anilines is 1. The number of ether oxygens (including phenoxy) is 1. The summed E-state index contributed by atoms with van der Waals surface area (Å²) in [4.78, 5) is 5.99. The lowest BCUT2D eigenvalue weighted by Crippen LogP contribution is -2.48. The summed E-state index contributed by atoms with van der Waals surface area (Å²) in [6.45, 7) is 1.39. The first-order chi connectivity index (χ1) is 8.08. The lowest BCUT2D eigenvalue weighted by Gasteiger charge is -2.33. The number of hydrogen-bond acceptors (Lipinski definition) is 4. The van der Waals surface area contributed by atoms with Gasteiger partial charge in [0.15, 0.2) is 11.6 Å². The summed E-state index contributed by atoms with van der Waals surface area (Å²) < 4.78 is 19.0. The topological polar surface area (TPSA) is 51.4 Å². The van der Waals surface area contributed by atoms with E-state index in [1.165, 1.54) is 12.3 Å². The van der Waals surface area contributed by atoms with Gasteiger partial charge < -0.3 is 15.4 Å². The van der Waals surface area contributed by atoms with Gasteiger partial charge in [-0.3, -0.25) is 0 Å². The fraction of sp³-hybridized carbons (Fsp3) is 0.400. The number of hydrogen-bond donors (Lipinski definition) is 1. The minimum Gasteiger partial charge on any atom is -0.391 e. The number of nitrogens with zero attached hydrogens (tertiary/aromatic N) is 2. The zero-order valence-corrected chi connectivity index (χ0v) is 10.5. The minimum atomic E-state index is -0.457. The van der Waals surface area contributed by atoms with Crippen LogP contribution in [0.2, 0.25) is 5.02 Å². The third-order valence-corrected chi connectivity index (χ3v) is 2.94. The van der Waals surface area contributed by atoms with E-state index < -0.39 is 5.82 Å². The largest absolute Gasteiger partial charge is 0.391 e. The quantitative estimate of drug-likeness (QED) is 0.826. The maximum absolute atomic E-state index is 13.7. The third-order valence-electron chi connectivity index (χ3n) is 2.47. The van der Waals surface area contributed by atoms with E-state index in [1.54, 1.807) is 4.90 Å². The fourth-order valence-corrected chi connectivity index (χ4v) is 1.94. The van der Waals surface area contributed by atoms with Crippen molar-refractivity contribution in [3.8, 4) is 0 Å². The van der Waals surface area contributed by atoms with E-state index >= 15 is 0 Å². The molecule has 4 nitrogen and oxygen atoms in total. The van der Waals surface area contributed by atoms with Gasteiger partial charge in [0.1, 0.15) is 11.1 Å². The van der Waals surface area contributed by atoms with Crippen LogP contribution >= 0.6 is 23.8 Å². The van der Waals surface area contributed by atoms with Gasteiger partial charge in [-0.1, -0.05) is 23.8 Å². The van der Waals surface area contributed by atoms with Gasteiger partial charge in [-0.2, -0.15) is 0 Å². The Kier molecular flexibility index (Phi) is 3.76. The molecule has 1 unspecified atom stereocenters. The van der Waals surface area contributed by atoms with Gasteiger partial charge in [0.05, 0.1) is 18.2 Å². The first-order valence-electron chi connectivity index (χ1n) is 5.05. The molecule has 1 aromatic rings. The van der Waals surface area contributed by atoms with Crippen LogP contribution in [-0.4, -0.2) is 35.8 Å². The smallest absolute Gasteiger partial charge is 0.167 e.